The number of unbranched alkanes of at least 4 members (excludes halogenated alkanes) is 9. The molecule has 4 bridgehead atoms. The third-order valence-electron chi connectivity index (χ3n) is 15.3. The largest absolute Gasteiger partial charge is 0.493 e. The Morgan fingerprint density at radius 2 is 0.571 bits per heavy atom. The van der Waals surface area contributed by atoms with Gasteiger partial charge in [-0.15, -0.1) is 0 Å². The molecule has 11 nitrogen and oxygen atoms in total. The molecular formula is C65H102O11S. The third kappa shape index (κ3) is 16.6. The number of carbonyl (C=O) groups is 1. The van der Waals surface area contributed by atoms with Gasteiger partial charge in [-0.05, 0) is 114 Å². The van der Waals surface area contributed by atoms with Crippen molar-refractivity contribution >= 4 is 16.3 Å². The molecule has 0 aliphatic heterocycles. The predicted molar refractivity (Wildman–Crippen MR) is 312 cm³/mol. The summed E-state index contributed by atoms with van der Waals surface area (Å²) in [6.07, 6.45) is 21.7. The lowest BCUT2D eigenvalue weighted by molar-refractivity contribution is -0.160. The van der Waals surface area contributed by atoms with Crippen LogP contribution >= 0.6 is 10.3 Å². The Bertz CT molecular complexity index is 1880. The van der Waals surface area contributed by atoms with Crippen molar-refractivity contribution in [2.75, 3.05) is 59.5 Å². The molecule has 0 amide bonds. The number of hydrogen-bond donors (Lipinski definition) is 0. The normalized spacial score (nSPS) is 18.7. The number of benzene rings is 3. The van der Waals surface area contributed by atoms with Gasteiger partial charge in [0.05, 0.1) is 64.9 Å². The molecule has 0 unspecified atom stereocenters. The first-order valence-electron chi connectivity index (χ1n) is 30.9. The zero-order valence-electron chi connectivity index (χ0n) is 49.4. The van der Waals surface area contributed by atoms with Crippen molar-refractivity contribution in [2.45, 2.75) is 231 Å². The fourth-order valence-electron chi connectivity index (χ4n) is 11.4. The van der Waals surface area contributed by atoms with E-state index in [9.17, 15) is 0 Å². The van der Waals surface area contributed by atoms with Crippen LogP contribution in [-0.4, -0.2) is 65.4 Å². The number of ether oxygens (including phenoxy) is 9. The van der Waals surface area contributed by atoms with Gasteiger partial charge in [0.25, 0.3) is 0 Å². The van der Waals surface area contributed by atoms with Gasteiger partial charge in [-0.25, -0.2) is 0 Å². The van der Waals surface area contributed by atoms with Gasteiger partial charge in [0, 0.05) is 46.7 Å². The zero-order valence-corrected chi connectivity index (χ0v) is 50.2. The molecular weight excluding hydrogens is 989 g/mol. The van der Waals surface area contributed by atoms with E-state index in [1.165, 1.54) is 19.3 Å². The summed E-state index contributed by atoms with van der Waals surface area (Å²) in [5, 5.41) is 0. The standard InChI is InChI=1S/C65H102O11S/c1-10-19-28-67-52-40-55(70-31-22-13-4)61(56(41-52)71-32-23-14-5)77(76-64(66)65-46-49-37-50(47-65)39-51(38-49)48-65,62-57(72-33-24-15-6)42-53(68-29-20-11-2)43-58(62)73-34-25-16-7)63-59(74-35-26-17-8)44-54(69-30-21-12-3)45-60(63)75-36-27-18-9/h40-45,49-51H,10-39,46-48H2,1-9H3. The zero-order chi connectivity index (χ0) is 54.9. The SMILES string of the molecule is CCCCOc1cc(OCCCC)c(S(OC(=O)C23CC4CC(CC(C4)C2)C3)(c2c(OCCCC)cc(OCCCC)cc2OCCCC)c2c(OCCCC)cc(OCCCC)cc2OCCCC)c(OCCCC)c1. The maximum absolute atomic E-state index is 16.9. The first-order valence-corrected chi connectivity index (χ1v) is 32.5. The fourth-order valence-corrected chi connectivity index (χ4v) is 15.0. The van der Waals surface area contributed by atoms with Gasteiger partial charge in [-0.1, -0.05) is 120 Å². The van der Waals surface area contributed by atoms with E-state index in [4.69, 9.17) is 46.8 Å². The molecule has 7 rings (SSSR count). The van der Waals surface area contributed by atoms with Gasteiger partial charge in [-0.3, -0.25) is 4.79 Å². The van der Waals surface area contributed by atoms with Gasteiger partial charge in [-0.2, -0.15) is 0 Å². The quantitative estimate of drug-likeness (QED) is 0.0507. The minimum absolute atomic E-state index is 0.210. The average molecular weight is 1090 g/mol. The molecule has 4 saturated carbocycles. The van der Waals surface area contributed by atoms with Crippen LogP contribution in [0.15, 0.2) is 51.1 Å². The molecule has 434 valence electrons. The first kappa shape index (κ1) is 61.9. The van der Waals surface area contributed by atoms with Crippen molar-refractivity contribution in [1.29, 1.82) is 0 Å². The Morgan fingerprint density at radius 1 is 0.364 bits per heavy atom. The summed E-state index contributed by atoms with van der Waals surface area (Å²) in [4.78, 5) is 18.6. The third-order valence-corrected chi connectivity index (χ3v) is 18.7. The van der Waals surface area contributed by atoms with E-state index in [1.807, 2.05) is 36.4 Å². The molecule has 3 aromatic carbocycles. The first-order chi connectivity index (χ1) is 37.7. The molecule has 3 aromatic rings. The van der Waals surface area contributed by atoms with Crippen molar-refractivity contribution < 1.29 is 51.6 Å². The lowest BCUT2D eigenvalue weighted by atomic mass is 9.49. The van der Waals surface area contributed by atoms with Crippen molar-refractivity contribution in [3.63, 3.8) is 0 Å². The van der Waals surface area contributed by atoms with Crippen molar-refractivity contribution in [1.82, 2.24) is 0 Å². The molecule has 0 saturated heterocycles. The van der Waals surface area contributed by atoms with E-state index in [0.29, 0.717) is 144 Å². The highest BCUT2D eigenvalue weighted by Gasteiger charge is 2.59. The van der Waals surface area contributed by atoms with Crippen molar-refractivity contribution in [3.8, 4) is 51.7 Å². The molecule has 0 N–H and O–H groups in total. The van der Waals surface area contributed by atoms with Crippen LogP contribution in [0.3, 0.4) is 0 Å². The van der Waals surface area contributed by atoms with Crippen LogP contribution in [0.5, 0.6) is 51.7 Å². The number of rotatable bonds is 41. The topological polar surface area (TPSA) is 109 Å². The summed E-state index contributed by atoms with van der Waals surface area (Å²) >= 11 is 0. The highest BCUT2D eigenvalue weighted by atomic mass is 32.3. The Kier molecular flexibility index (Phi) is 26.3. The molecule has 4 aliphatic rings. The minimum atomic E-state index is -3.62. The van der Waals surface area contributed by atoms with Crippen LogP contribution in [0.1, 0.15) is 216 Å². The van der Waals surface area contributed by atoms with Crippen LogP contribution in [0, 0.1) is 23.2 Å². The Morgan fingerprint density at radius 3 is 0.779 bits per heavy atom. The minimum Gasteiger partial charge on any atom is -0.493 e. The van der Waals surface area contributed by atoms with E-state index in [2.05, 4.69) is 62.3 Å². The smallest absolute Gasteiger partial charge is 0.323 e. The number of hydrogen-bond acceptors (Lipinski definition) is 11. The number of carbonyl (C=O) groups excluding carboxylic acids is 1. The van der Waals surface area contributed by atoms with Crippen LogP contribution in [-0.2, 0) is 8.98 Å². The second-order valence-corrected chi connectivity index (χ2v) is 24.7. The second kappa shape index (κ2) is 32.7. The Hall–Kier alpha value is -4.32. The average Bonchev–Trinajstić information content (AvgIpc) is 3.61. The lowest BCUT2D eigenvalue weighted by Crippen LogP contribution is -2.50. The van der Waals surface area contributed by atoms with Gasteiger partial charge >= 0.3 is 5.97 Å². The van der Waals surface area contributed by atoms with E-state index in [0.717, 1.165) is 135 Å². The van der Waals surface area contributed by atoms with Crippen LogP contribution in [0.25, 0.3) is 0 Å². The monoisotopic (exact) mass is 1090 g/mol. The van der Waals surface area contributed by atoms with E-state index >= 15 is 4.79 Å². The molecule has 4 fully saturated rings. The summed E-state index contributed by atoms with van der Waals surface area (Å²) in [5.74, 6) is 6.14. The highest BCUT2D eigenvalue weighted by Crippen LogP contribution is 2.81. The summed E-state index contributed by atoms with van der Waals surface area (Å²) in [7, 11) is -3.62. The molecule has 0 radical (unpaired) electrons. The summed E-state index contributed by atoms with van der Waals surface area (Å²) in [5.41, 5.74) is -0.700. The maximum atomic E-state index is 16.9. The maximum Gasteiger partial charge on any atom is 0.323 e. The molecule has 0 aromatic heterocycles. The molecule has 12 heteroatoms. The van der Waals surface area contributed by atoms with Crippen molar-refractivity contribution in [3.05, 3.63) is 36.4 Å². The van der Waals surface area contributed by atoms with Crippen LogP contribution in [0.2, 0.25) is 0 Å². The molecule has 0 heterocycles. The molecule has 4 aliphatic carbocycles. The summed E-state index contributed by atoms with van der Waals surface area (Å²) < 4.78 is 71.6. The predicted octanol–water partition coefficient (Wildman–Crippen LogP) is 18.3. The van der Waals surface area contributed by atoms with Gasteiger partial charge < -0.3 is 46.8 Å². The van der Waals surface area contributed by atoms with E-state index in [1.54, 1.807) is 0 Å². The molecule has 0 atom stereocenters. The fraction of sp³-hybridized carbons (Fsp3) is 0.708. The molecule has 0 spiro atoms. The van der Waals surface area contributed by atoms with Crippen LogP contribution in [0.4, 0.5) is 0 Å². The van der Waals surface area contributed by atoms with Gasteiger partial charge in [0.1, 0.15) is 66.4 Å². The Balaban J connectivity index is 1.91. The van der Waals surface area contributed by atoms with Gasteiger partial charge in [0.15, 0.2) is 0 Å². The summed E-state index contributed by atoms with van der Waals surface area (Å²) in [6, 6.07) is 12.0. The van der Waals surface area contributed by atoms with E-state index in [-0.39, 0.29) is 5.97 Å². The second-order valence-electron chi connectivity index (χ2n) is 22.2. The highest BCUT2D eigenvalue weighted by molar-refractivity contribution is 8.30. The van der Waals surface area contributed by atoms with Crippen LogP contribution < -0.4 is 42.6 Å². The summed E-state index contributed by atoms with van der Waals surface area (Å²) in [6.45, 7) is 23.5. The molecule has 77 heavy (non-hydrogen) atoms. The van der Waals surface area contributed by atoms with Gasteiger partial charge in [0.2, 0.25) is 0 Å². The van der Waals surface area contributed by atoms with Crippen molar-refractivity contribution in [2.24, 2.45) is 23.2 Å². The van der Waals surface area contributed by atoms with E-state index < -0.39 is 15.7 Å². The lowest BCUT2D eigenvalue weighted by Gasteiger charge is -2.56. The Labute approximate surface area is 467 Å².